The van der Waals surface area contributed by atoms with E-state index in [-0.39, 0.29) is 5.75 Å². The molecule has 1 aromatic heterocycles. The first-order valence-electron chi connectivity index (χ1n) is 8.61. The average Bonchev–Trinajstić information content (AvgIpc) is 2.76. The molecule has 8 nitrogen and oxygen atoms in total. The molecule has 0 radical (unpaired) electrons. The van der Waals surface area contributed by atoms with Crippen molar-refractivity contribution in [3.63, 3.8) is 0 Å². The number of carbonyl (C=O) groups is 2. The van der Waals surface area contributed by atoms with E-state index in [1.807, 2.05) is 24.3 Å². The van der Waals surface area contributed by atoms with E-state index in [0.717, 1.165) is 11.0 Å². The molecule has 0 aliphatic rings. The molecule has 0 saturated carbocycles. The van der Waals surface area contributed by atoms with Crippen molar-refractivity contribution in [3.05, 3.63) is 48.7 Å². The van der Waals surface area contributed by atoms with Gasteiger partial charge in [-0.2, -0.15) is 0 Å². The minimum absolute atomic E-state index is 0.0200. The van der Waals surface area contributed by atoms with Crippen molar-refractivity contribution in [3.8, 4) is 11.5 Å². The number of nitrogens with zero attached hydrogens (tertiary/aromatic N) is 2. The molecular weight excluding hydrogens is 394 g/mol. The van der Waals surface area contributed by atoms with E-state index in [0.29, 0.717) is 22.2 Å². The summed E-state index contributed by atoms with van der Waals surface area (Å²) in [7, 11) is 3.02. The molecule has 0 saturated heterocycles. The van der Waals surface area contributed by atoms with Gasteiger partial charge in [-0.1, -0.05) is 23.9 Å². The molecule has 0 aliphatic heterocycles. The number of hydrogen-bond donors (Lipinski definition) is 1. The van der Waals surface area contributed by atoms with Crippen molar-refractivity contribution >= 4 is 40.4 Å². The molecule has 0 aliphatic carbocycles. The number of anilines is 1. The zero-order valence-corrected chi connectivity index (χ0v) is 16.7. The summed E-state index contributed by atoms with van der Waals surface area (Å²) in [6, 6.07) is 12.4. The van der Waals surface area contributed by atoms with E-state index in [4.69, 9.17) is 14.2 Å². The van der Waals surface area contributed by atoms with Gasteiger partial charge in [-0.15, -0.1) is 0 Å². The largest absolute Gasteiger partial charge is 0.497 e. The minimum atomic E-state index is -0.526. The van der Waals surface area contributed by atoms with Crippen LogP contribution in [0.3, 0.4) is 0 Å². The van der Waals surface area contributed by atoms with Gasteiger partial charge in [0.1, 0.15) is 16.5 Å². The number of benzene rings is 2. The Bertz CT molecular complexity index is 1030. The number of ether oxygens (including phenoxy) is 3. The van der Waals surface area contributed by atoms with Crippen LogP contribution in [-0.2, 0) is 14.3 Å². The zero-order valence-electron chi connectivity index (χ0n) is 15.9. The molecule has 0 unspecified atom stereocenters. The molecular formula is C20H19N3O5S. The second-order valence-electron chi connectivity index (χ2n) is 5.76. The van der Waals surface area contributed by atoms with Crippen molar-refractivity contribution in [1.29, 1.82) is 0 Å². The summed E-state index contributed by atoms with van der Waals surface area (Å²) in [6.45, 7) is -0.405. The summed E-state index contributed by atoms with van der Waals surface area (Å²) in [6.07, 6.45) is 1.60. The first-order chi connectivity index (χ1) is 14.1. The van der Waals surface area contributed by atoms with Crippen LogP contribution in [0.15, 0.2) is 53.7 Å². The zero-order chi connectivity index (χ0) is 20.6. The Morgan fingerprint density at radius 3 is 2.62 bits per heavy atom. The third kappa shape index (κ3) is 5.58. The van der Waals surface area contributed by atoms with E-state index in [9.17, 15) is 9.59 Å². The first-order valence-corrected chi connectivity index (χ1v) is 9.59. The van der Waals surface area contributed by atoms with Crippen LogP contribution in [0.5, 0.6) is 11.5 Å². The molecule has 0 fully saturated rings. The van der Waals surface area contributed by atoms with Gasteiger partial charge in [0.2, 0.25) is 0 Å². The summed E-state index contributed by atoms with van der Waals surface area (Å²) < 4.78 is 15.3. The Hall–Kier alpha value is -3.33. The van der Waals surface area contributed by atoms with E-state index < -0.39 is 18.5 Å². The second-order valence-corrected chi connectivity index (χ2v) is 6.76. The molecule has 3 rings (SSSR count). The lowest BCUT2D eigenvalue weighted by Gasteiger charge is -2.11. The predicted molar refractivity (Wildman–Crippen MR) is 109 cm³/mol. The molecule has 1 heterocycles. The molecule has 0 spiro atoms. The molecule has 0 bridgehead atoms. The van der Waals surface area contributed by atoms with Crippen molar-refractivity contribution in [2.24, 2.45) is 0 Å². The lowest BCUT2D eigenvalue weighted by molar-refractivity contribution is -0.144. The van der Waals surface area contributed by atoms with Gasteiger partial charge in [0, 0.05) is 6.07 Å². The van der Waals surface area contributed by atoms with Crippen LogP contribution in [0.25, 0.3) is 11.0 Å². The summed E-state index contributed by atoms with van der Waals surface area (Å²) in [5.41, 5.74) is 1.99. The van der Waals surface area contributed by atoms with Crippen LogP contribution < -0.4 is 14.8 Å². The van der Waals surface area contributed by atoms with Gasteiger partial charge in [-0.3, -0.25) is 14.6 Å². The molecule has 0 atom stereocenters. The maximum Gasteiger partial charge on any atom is 0.316 e. The van der Waals surface area contributed by atoms with E-state index in [1.165, 1.54) is 26.0 Å². The third-order valence-electron chi connectivity index (χ3n) is 3.81. The molecule has 150 valence electrons. The van der Waals surface area contributed by atoms with Crippen molar-refractivity contribution < 1.29 is 23.8 Å². The topological polar surface area (TPSA) is 99.6 Å². The SMILES string of the molecule is COc1ccc(NC(=O)COC(=O)CSc2cnc3ccccc3n2)c(OC)c1. The minimum Gasteiger partial charge on any atom is -0.497 e. The Morgan fingerprint density at radius 2 is 1.86 bits per heavy atom. The van der Waals surface area contributed by atoms with Crippen LogP contribution in [0.1, 0.15) is 0 Å². The van der Waals surface area contributed by atoms with Crippen molar-refractivity contribution in [2.45, 2.75) is 5.03 Å². The van der Waals surface area contributed by atoms with Crippen molar-refractivity contribution in [2.75, 3.05) is 31.9 Å². The number of hydrogen-bond acceptors (Lipinski definition) is 8. The lowest BCUT2D eigenvalue weighted by Crippen LogP contribution is -2.22. The van der Waals surface area contributed by atoms with E-state index >= 15 is 0 Å². The highest BCUT2D eigenvalue weighted by molar-refractivity contribution is 7.99. The van der Waals surface area contributed by atoms with E-state index in [1.54, 1.807) is 24.4 Å². The standard InChI is InChI=1S/C20H19N3O5S/c1-26-13-7-8-16(17(9-13)27-2)22-18(24)11-28-20(25)12-29-19-10-21-14-5-3-4-6-15(14)23-19/h3-10H,11-12H2,1-2H3,(H,22,24). The first kappa shape index (κ1) is 20.4. The number of aromatic nitrogens is 2. The number of para-hydroxylation sites is 2. The van der Waals surface area contributed by atoms with Gasteiger partial charge < -0.3 is 19.5 Å². The number of rotatable bonds is 8. The van der Waals surface area contributed by atoms with Crippen LogP contribution in [0, 0.1) is 0 Å². The summed E-state index contributed by atoms with van der Waals surface area (Å²) in [5.74, 6) is 0.0558. The van der Waals surface area contributed by atoms with Gasteiger partial charge in [-0.25, -0.2) is 4.98 Å². The van der Waals surface area contributed by atoms with Crippen LogP contribution in [0.2, 0.25) is 0 Å². The van der Waals surface area contributed by atoms with Gasteiger partial charge in [0.25, 0.3) is 5.91 Å². The molecule has 29 heavy (non-hydrogen) atoms. The fourth-order valence-electron chi connectivity index (χ4n) is 2.42. The van der Waals surface area contributed by atoms with Gasteiger partial charge in [0.05, 0.1) is 42.9 Å². The normalized spacial score (nSPS) is 10.4. The highest BCUT2D eigenvalue weighted by Crippen LogP contribution is 2.28. The highest BCUT2D eigenvalue weighted by atomic mass is 32.2. The Morgan fingerprint density at radius 1 is 1.07 bits per heavy atom. The van der Waals surface area contributed by atoms with E-state index in [2.05, 4.69) is 15.3 Å². The summed E-state index contributed by atoms with van der Waals surface area (Å²) in [5, 5.41) is 3.24. The number of nitrogens with one attached hydrogen (secondary N) is 1. The Balaban J connectivity index is 1.48. The molecule has 1 amide bonds. The smallest absolute Gasteiger partial charge is 0.316 e. The lowest BCUT2D eigenvalue weighted by atomic mass is 10.2. The van der Waals surface area contributed by atoms with Gasteiger partial charge >= 0.3 is 5.97 Å². The fraction of sp³-hybridized carbons (Fsp3) is 0.200. The number of esters is 1. The molecule has 3 aromatic rings. The second kappa shape index (κ2) is 9.74. The summed E-state index contributed by atoms with van der Waals surface area (Å²) >= 11 is 1.20. The number of thioether (sulfide) groups is 1. The quantitative estimate of drug-likeness (QED) is 0.444. The highest BCUT2D eigenvalue weighted by Gasteiger charge is 2.12. The Labute approximate surface area is 171 Å². The molecule has 2 aromatic carbocycles. The maximum absolute atomic E-state index is 12.1. The monoisotopic (exact) mass is 413 g/mol. The number of amides is 1. The predicted octanol–water partition coefficient (Wildman–Crippen LogP) is 2.92. The maximum atomic E-state index is 12.1. The van der Waals surface area contributed by atoms with Crippen LogP contribution in [0.4, 0.5) is 5.69 Å². The average molecular weight is 413 g/mol. The summed E-state index contributed by atoms with van der Waals surface area (Å²) in [4.78, 5) is 32.7. The van der Waals surface area contributed by atoms with Gasteiger partial charge in [-0.05, 0) is 24.3 Å². The number of fused-ring (bicyclic) bond motifs is 1. The van der Waals surface area contributed by atoms with Gasteiger partial charge in [0.15, 0.2) is 6.61 Å². The fourth-order valence-corrected chi connectivity index (χ4v) is 3.06. The number of carbonyl (C=O) groups excluding carboxylic acids is 2. The van der Waals surface area contributed by atoms with Crippen LogP contribution in [-0.4, -0.2) is 48.4 Å². The third-order valence-corrected chi connectivity index (χ3v) is 4.68. The van der Waals surface area contributed by atoms with Crippen LogP contribution >= 0.6 is 11.8 Å². The molecule has 1 N–H and O–H groups in total. The Kier molecular flexibility index (Phi) is 6.85. The molecule has 9 heteroatoms. The van der Waals surface area contributed by atoms with Crippen molar-refractivity contribution in [1.82, 2.24) is 9.97 Å². The number of methoxy groups -OCH3 is 2.